The van der Waals surface area contributed by atoms with Crippen LogP contribution in [-0.2, 0) is 0 Å². The first kappa shape index (κ1) is 14.2. The van der Waals surface area contributed by atoms with E-state index in [4.69, 9.17) is 0 Å². The number of hydrogen-bond donors (Lipinski definition) is 1. The van der Waals surface area contributed by atoms with Gasteiger partial charge >= 0.3 is 0 Å². The molecule has 0 saturated heterocycles. The van der Waals surface area contributed by atoms with Crippen molar-refractivity contribution in [3.8, 4) is 0 Å². The Hall–Kier alpha value is -1.71. The van der Waals surface area contributed by atoms with Gasteiger partial charge in [0, 0.05) is 16.1 Å². The Kier molecular flexibility index (Phi) is 4.04. The number of pyridine rings is 1. The molecule has 3 rings (SSSR count). The van der Waals surface area contributed by atoms with Crippen molar-refractivity contribution in [2.24, 2.45) is 0 Å². The number of hydrogen-bond acceptors (Lipinski definition) is 2. The van der Waals surface area contributed by atoms with E-state index < -0.39 is 0 Å². The van der Waals surface area contributed by atoms with E-state index in [1.54, 1.807) is 0 Å². The molecule has 1 N–H and O–H groups in total. The number of halogens is 1. The lowest BCUT2D eigenvalue weighted by Crippen LogP contribution is -2.18. The van der Waals surface area contributed by atoms with Gasteiger partial charge in [0.15, 0.2) is 0 Å². The van der Waals surface area contributed by atoms with Gasteiger partial charge in [0.05, 0.1) is 11.6 Å². The van der Waals surface area contributed by atoms with Crippen molar-refractivity contribution in [1.82, 2.24) is 10.3 Å². The molecule has 1 atom stereocenters. The molecular weight excluding hydrogens is 324 g/mol. The molecule has 0 spiro atoms. The first-order valence-electron chi connectivity index (χ1n) is 6.97. The van der Waals surface area contributed by atoms with E-state index in [1.165, 1.54) is 22.1 Å². The van der Waals surface area contributed by atoms with Crippen LogP contribution in [-0.4, -0.2) is 12.0 Å². The Balaban J connectivity index is 2.09. The van der Waals surface area contributed by atoms with E-state index >= 15 is 0 Å². The van der Waals surface area contributed by atoms with Crippen molar-refractivity contribution < 1.29 is 0 Å². The Morgan fingerprint density at radius 2 is 1.95 bits per heavy atom. The lowest BCUT2D eigenvalue weighted by Gasteiger charge is -2.19. The van der Waals surface area contributed by atoms with Gasteiger partial charge in [0.25, 0.3) is 0 Å². The summed E-state index contributed by atoms with van der Waals surface area (Å²) in [4.78, 5) is 4.45. The van der Waals surface area contributed by atoms with Gasteiger partial charge in [-0.25, -0.2) is 0 Å². The molecule has 2 nitrogen and oxygen atoms in total. The summed E-state index contributed by atoms with van der Waals surface area (Å²) in [7, 11) is 1.99. The smallest absolute Gasteiger partial charge is 0.0705 e. The average molecular weight is 341 g/mol. The maximum atomic E-state index is 4.45. The monoisotopic (exact) mass is 340 g/mol. The minimum absolute atomic E-state index is 0.145. The summed E-state index contributed by atoms with van der Waals surface area (Å²) in [6.07, 6.45) is 1.84. The van der Waals surface area contributed by atoms with Crippen molar-refractivity contribution in [3.05, 3.63) is 75.9 Å². The van der Waals surface area contributed by atoms with E-state index in [2.05, 4.69) is 75.6 Å². The van der Waals surface area contributed by atoms with Gasteiger partial charge in [-0.1, -0.05) is 46.3 Å². The van der Waals surface area contributed by atoms with Gasteiger partial charge < -0.3 is 5.32 Å². The molecule has 106 valence electrons. The molecule has 0 aliphatic carbocycles. The van der Waals surface area contributed by atoms with Crippen molar-refractivity contribution in [3.63, 3.8) is 0 Å². The van der Waals surface area contributed by atoms with Crippen LogP contribution in [0.1, 0.15) is 22.7 Å². The molecule has 0 radical (unpaired) electrons. The number of rotatable bonds is 3. The molecule has 0 saturated carbocycles. The third-order valence-electron chi connectivity index (χ3n) is 3.72. The highest BCUT2D eigenvalue weighted by molar-refractivity contribution is 9.10. The van der Waals surface area contributed by atoms with E-state index in [9.17, 15) is 0 Å². The van der Waals surface area contributed by atoms with Crippen molar-refractivity contribution >= 4 is 26.8 Å². The van der Waals surface area contributed by atoms with E-state index in [0.717, 1.165) is 9.99 Å². The van der Waals surface area contributed by atoms with Gasteiger partial charge in [-0.3, -0.25) is 4.98 Å². The van der Waals surface area contributed by atoms with E-state index in [-0.39, 0.29) is 6.04 Å². The van der Waals surface area contributed by atoms with Crippen LogP contribution in [0.4, 0.5) is 0 Å². The summed E-state index contributed by atoms with van der Waals surface area (Å²) in [6.45, 7) is 2.10. The second-order valence-corrected chi connectivity index (χ2v) is 6.06. The molecule has 0 aliphatic rings. The zero-order valence-corrected chi connectivity index (χ0v) is 13.7. The molecule has 3 aromatic rings. The number of benzene rings is 2. The van der Waals surface area contributed by atoms with Gasteiger partial charge in [-0.05, 0) is 48.9 Å². The molecule has 0 aliphatic heterocycles. The molecule has 3 heteroatoms. The number of aryl methyl sites for hydroxylation is 1. The molecule has 0 amide bonds. The molecule has 1 unspecified atom stereocenters. The van der Waals surface area contributed by atoms with Crippen LogP contribution in [0.5, 0.6) is 0 Å². The topological polar surface area (TPSA) is 24.9 Å². The van der Waals surface area contributed by atoms with Crippen molar-refractivity contribution in [2.75, 3.05) is 7.05 Å². The molecule has 21 heavy (non-hydrogen) atoms. The van der Waals surface area contributed by atoms with Crippen LogP contribution in [0.25, 0.3) is 10.9 Å². The highest BCUT2D eigenvalue weighted by Crippen LogP contribution is 2.30. The summed E-state index contributed by atoms with van der Waals surface area (Å²) < 4.78 is 1.13. The molecule has 1 heterocycles. The summed E-state index contributed by atoms with van der Waals surface area (Å²) in [6, 6.07) is 17.1. The Morgan fingerprint density at radius 1 is 1.10 bits per heavy atom. The fraction of sp³-hybridized carbons (Fsp3) is 0.167. The first-order chi connectivity index (χ1) is 10.2. The number of nitrogens with zero attached hydrogens (tertiary/aromatic N) is 1. The third-order valence-corrected chi connectivity index (χ3v) is 4.41. The third kappa shape index (κ3) is 2.85. The quantitative estimate of drug-likeness (QED) is 0.752. The van der Waals surface area contributed by atoms with Crippen LogP contribution in [0.2, 0.25) is 0 Å². The largest absolute Gasteiger partial charge is 0.309 e. The van der Waals surface area contributed by atoms with Crippen molar-refractivity contribution in [1.29, 1.82) is 0 Å². The Morgan fingerprint density at radius 3 is 2.71 bits per heavy atom. The van der Waals surface area contributed by atoms with E-state index in [1.807, 2.05) is 19.3 Å². The molecule has 2 aromatic carbocycles. The van der Waals surface area contributed by atoms with Crippen LogP contribution in [0, 0.1) is 6.92 Å². The first-order valence-corrected chi connectivity index (χ1v) is 7.76. The molecular formula is C18H17BrN2. The number of fused-ring (bicyclic) bond motifs is 1. The highest BCUT2D eigenvalue weighted by atomic mass is 79.9. The number of nitrogens with one attached hydrogen (secondary N) is 1. The zero-order chi connectivity index (χ0) is 14.8. The van der Waals surface area contributed by atoms with Crippen LogP contribution in [0.3, 0.4) is 0 Å². The zero-order valence-electron chi connectivity index (χ0n) is 12.1. The lowest BCUT2D eigenvalue weighted by atomic mass is 9.97. The molecule has 1 aromatic heterocycles. The normalized spacial score (nSPS) is 12.5. The fourth-order valence-electron chi connectivity index (χ4n) is 2.63. The highest BCUT2D eigenvalue weighted by Gasteiger charge is 2.15. The number of aromatic nitrogens is 1. The average Bonchev–Trinajstić information content (AvgIpc) is 2.50. The minimum atomic E-state index is 0.145. The van der Waals surface area contributed by atoms with Gasteiger partial charge in [-0.2, -0.15) is 0 Å². The standard InChI is InChI=1S/C18H17BrN2/c1-12-5-8-15(16(19)10-12)18(20-2)14-7-6-13-4-3-9-21-17(13)11-14/h3-11,18,20H,1-2H3. The summed E-state index contributed by atoms with van der Waals surface area (Å²) >= 11 is 3.68. The Labute approximate surface area is 133 Å². The predicted molar refractivity (Wildman–Crippen MR) is 91.5 cm³/mol. The van der Waals surface area contributed by atoms with Gasteiger partial charge in [0.1, 0.15) is 0 Å². The SMILES string of the molecule is CNC(c1ccc2cccnc2c1)c1ccc(C)cc1Br. The van der Waals surface area contributed by atoms with Crippen LogP contribution in [0.15, 0.2) is 59.2 Å². The van der Waals surface area contributed by atoms with E-state index in [0.29, 0.717) is 0 Å². The summed E-state index contributed by atoms with van der Waals surface area (Å²) in [5, 5.41) is 4.57. The maximum absolute atomic E-state index is 4.45. The van der Waals surface area contributed by atoms with Crippen molar-refractivity contribution in [2.45, 2.75) is 13.0 Å². The second kappa shape index (κ2) is 5.96. The molecule has 0 bridgehead atoms. The summed E-state index contributed by atoms with van der Waals surface area (Å²) in [5.41, 5.74) is 4.73. The van der Waals surface area contributed by atoms with Gasteiger partial charge in [-0.15, -0.1) is 0 Å². The lowest BCUT2D eigenvalue weighted by molar-refractivity contribution is 0.689. The second-order valence-electron chi connectivity index (χ2n) is 5.20. The minimum Gasteiger partial charge on any atom is -0.309 e. The fourth-order valence-corrected chi connectivity index (χ4v) is 3.35. The van der Waals surface area contributed by atoms with Gasteiger partial charge in [0.2, 0.25) is 0 Å². The maximum Gasteiger partial charge on any atom is 0.0705 e. The summed E-state index contributed by atoms with van der Waals surface area (Å²) in [5.74, 6) is 0. The van der Waals surface area contributed by atoms with Crippen LogP contribution >= 0.6 is 15.9 Å². The Bertz CT molecular complexity index is 783. The molecule has 0 fully saturated rings. The van der Waals surface area contributed by atoms with Crippen LogP contribution < -0.4 is 5.32 Å². The predicted octanol–water partition coefficient (Wildman–Crippen LogP) is 4.61.